The second-order valence-electron chi connectivity index (χ2n) is 4.66. The number of nitrogen functional groups attached to an aromatic ring is 1. The zero-order valence-electron chi connectivity index (χ0n) is 10.4. The molecule has 4 nitrogen and oxygen atoms in total. The highest BCUT2D eigenvalue weighted by atomic mass is 19.1. The van der Waals surface area contributed by atoms with Gasteiger partial charge >= 0.3 is 0 Å². The second kappa shape index (κ2) is 5.48. The van der Waals surface area contributed by atoms with E-state index in [0.717, 1.165) is 19.0 Å². The number of nitrogens with zero attached hydrogens (tertiary/aromatic N) is 2. The molecule has 100 valence electrons. The molecule has 3 N–H and O–H groups in total. The van der Waals surface area contributed by atoms with E-state index >= 15 is 0 Å². The highest BCUT2D eigenvalue weighted by molar-refractivity contribution is 5.49. The van der Waals surface area contributed by atoms with Crippen LogP contribution >= 0.6 is 0 Å². The fourth-order valence-electron chi connectivity index (χ4n) is 1.95. The van der Waals surface area contributed by atoms with E-state index in [4.69, 9.17) is 5.84 Å². The lowest BCUT2D eigenvalue weighted by atomic mass is 10.3. The number of hydrogen-bond acceptors (Lipinski definition) is 4. The molecule has 0 aromatic carbocycles. The van der Waals surface area contributed by atoms with Gasteiger partial charge in [0.2, 0.25) is 0 Å². The number of aromatic nitrogens is 1. The van der Waals surface area contributed by atoms with Crippen molar-refractivity contribution in [3.05, 3.63) is 17.7 Å². The zero-order valence-corrected chi connectivity index (χ0v) is 10.4. The predicted octanol–water partition coefficient (Wildman–Crippen LogP) is 2.27. The molecule has 6 heteroatoms. The van der Waals surface area contributed by atoms with Crippen LogP contribution in [-0.4, -0.2) is 18.1 Å². The molecule has 0 spiro atoms. The molecule has 0 atom stereocenters. The first kappa shape index (κ1) is 13.0. The van der Waals surface area contributed by atoms with Crippen molar-refractivity contribution < 1.29 is 8.78 Å². The van der Waals surface area contributed by atoms with Crippen molar-refractivity contribution in [1.82, 2.24) is 4.98 Å². The maximum absolute atomic E-state index is 13.8. The third kappa shape index (κ3) is 2.87. The number of hydrazine groups is 1. The summed E-state index contributed by atoms with van der Waals surface area (Å²) in [6.45, 7) is 3.49. The first-order valence-corrected chi connectivity index (χ1v) is 6.23. The Kier molecular flexibility index (Phi) is 3.96. The molecule has 2 rings (SSSR count). The molecule has 1 fully saturated rings. The average molecular weight is 256 g/mol. The van der Waals surface area contributed by atoms with E-state index in [0.29, 0.717) is 12.5 Å². The summed E-state index contributed by atoms with van der Waals surface area (Å²) in [6.07, 6.45) is 3.23. The van der Waals surface area contributed by atoms with Crippen molar-refractivity contribution in [2.75, 3.05) is 23.4 Å². The lowest BCUT2D eigenvalue weighted by Gasteiger charge is -2.24. The van der Waals surface area contributed by atoms with Crippen LogP contribution in [0.25, 0.3) is 0 Å². The average Bonchev–Trinajstić information content (AvgIpc) is 3.13. The van der Waals surface area contributed by atoms with Crippen LogP contribution in [-0.2, 0) is 0 Å². The van der Waals surface area contributed by atoms with Crippen LogP contribution in [0, 0.1) is 17.6 Å². The van der Waals surface area contributed by atoms with Gasteiger partial charge in [0.05, 0.1) is 0 Å². The number of halogens is 2. The minimum absolute atomic E-state index is 0.122. The van der Waals surface area contributed by atoms with Crippen molar-refractivity contribution >= 4 is 11.6 Å². The van der Waals surface area contributed by atoms with E-state index in [1.54, 1.807) is 0 Å². The standard InChI is InChI=1S/C12H18F2N4/c1-2-5-18(7-8-3-4-8)12-10(14)6-9(13)11(16-12)17-15/h6,8H,2-5,7,15H2,1H3,(H,16,17). The summed E-state index contributed by atoms with van der Waals surface area (Å²) in [7, 11) is 0. The van der Waals surface area contributed by atoms with Crippen LogP contribution < -0.4 is 16.2 Å². The molecule has 18 heavy (non-hydrogen) atoms. The summed E-state index contributed by atoms with van der Waals surface area (Å²) < 4.78 is 27.1. The van der Waals surface area contributed by atoms with Gasteiger partial charge in [-0.3, -0.25) is 0 Å². The summed E-state index contributed by atoms with van der Waals surface area (Å²) in [5.41, 5.74) is 2.15. The fraction of sp³-hybridized carbons (Fsp3) is 0.583. The summed E-state index contributed by atoms with van der Waals surface area (Å²) in [4.78, 5) is 5.80. The first-order chi connectivity index (χ1) is 8.65. The van der Waals surface area contributed by atoms with Crippen LogP contribution in [0.3, 0.4) is 0 Å². The highest BCUT2D eigenvalue weighted by Gasteiger charge is 2.26. The smallest absolute Gasteiger partial charge is 0.178 e. The second-order valence-corrected chi connectivity index (χ2v) is 4.66. The van der Waals surface area contributed by atoms with Gasteiger partial charge in [-0.15, -0.1) is 0 Å². The molecule has 0 amide bonds. The summed E-state index contributed by atoms with van der Waals surface area (Å²) in [5, 5.41) is 0. The molecule has 1 aliphatic rings. The van der Waals surface area contributed by atoms with Gasteiger partial charge in [-0.2, -0.15) is 0 Å². The van der Waals surface area contributed by atoms with Crippen molar-refractivity contribution in [2.24, 2.45) is 11.8 Å². The lowest BCUT2D eigenvalue weighted by Crippen LogP contribution is -2.29. The molecule has 0 unspecified atom stereocenters. The normalized spacial score (nSPS) is 14.7. The Bertz CT molecular complexity index is 421. The van der Waals surface area contributed by atoms with E-state index < -0.39 is 11.6 Å². The zero-order chi connectivity index (χ0) is 13.1. The van der Waals surface area contributed by atoms with Crippen LogP contribution in [0.5, 0.6) is 0 Å². The van der Waals surface area contributed by atoms with Crippen LogP contribution in [0.2, 0.25) is 0 Å². The Labute approximate surface area is 105 Å². The molecule has 0 aliphatic heterocycles. The Morgan fingerprint density at radius 3 is 2.72 bits per heavy atom. The van der Waals surface area contributed by atoms with Crippen LogP contribution in [0.15, 0.2) is 6.07 Å². The molecular weight excluding hydrogens is 238 g/mol. The van der Waals surface area contributed by atoms with E-state index in [9.17, 15) is 8.78 Å². The van der Waals surface area contributed by atoms with Crippen molar-refractivity contribution in [3.63, 3.8) is 0 Å². The topological polar surface area (TPSA) is 54.2 Å². The first-order valence-electron chi connectivity index (χ1n) is 6.23. The highest BCUT2D eigenvalue weighted by Crippen LogP contribution is 2.32. The number of pyridine rings is 1. The van der Waals surface area contributed by atoms with Crippen molar-refractivity contribution in [2.45, 2.75) is 26.2 Å². The van der Waals surface area contributed by atoms with Crippen LogP contribution in [0.1, 0.15) is 26.2 Å². The minimum Gasteiger partial charge on any atom is -0.354 e. The van der Waals surface area contributed by atoms with Crippen molar-refractivity contribution in [3.8, 4) is 0 Å². The lowest BCUT2D eigenvalue weighted by molar-refractivity contribution is 0.565. The summed E-state index contributed by atoms with van der Waals surface area (Å²) in [5.74, 6) is 4.41. The van der Waals surface area contributed by atoms with Gasteiger partial charge in [0.1, 0.15) is 0 Å². The van der Waals surface area contributed by atoms with E-state index in [2.05, 4.69) is 10.4 Å². The Hall–Kier alpha value is -1.43. The van der Waals surface area contributed by atoms with Gasteiger partial charge in [0, 0.05) is 19.2 Å². The van der Waals surface area contributed by atoms with E-state index in [1.807, 2.05) is 11.8 Å². The number of nitrogens with one attached hydrogen (secondary N) is 1. The number of hydrogen-bond donors (Lipinski definition) is 2. The van der Waals surface area contributed by atoms with E-state index in [1.165, 1.54) is 12.8 Å². The summed E-state index contributed by atoms with van der Waals surface area (Å²) in [6, 6.07) is 0.826. The minimum atomic E-state index is -0.776. The molecule has 1 aromatic heterocycles. The Balaban J connectivity index is 2.26. The van der Waals surface area contributed by atoms with Gasteiger partial charge in [-0.1, -0.05) is 6.92 Å². The molecule has 0 bridgehead atoms. The number of rotatable bonds is 6. The predicted molar refractivity (Wildman–Crippen MR) is 67.2 cm³/mol. The Morgan fingerprint density at radius 2 is 2.17 bits per heavy atom. The fourth-order valence-corrected chi connectivity index (χ4v) is 1.95. The van der Waals surface area contributed by atoms with Gasteiger partial charge in [0.15, 0.2) is 23.3 Å². The van der Waals surface area contributed by atoms with Crippen LogP contribution in [0.4, 0.5) is 20.4 Å². The Morgan fingerprint density at radius 1 is 1.44 bits per heavy atom. The maximum Gasteiger partial charge on any atom is 0.178 e. The molecule has 1 aliphatic carbocycles. The SMILES string of the molecule is CCCN(CC1CC1)c1nc(NN)c(F)cc1F. The number of anilines is 2. The molecule has 0 saturated heterocycles. The third-order valence-corrected chi connectivity index (χ3v) is 3.02. The molecule has 1 heterocycles. The van der Waals surface area contributed by atoms with E-state index in [-0.39, 0.29) is 11.6 Å². The van der Waals surface area contributed by atoms with Gasteiger partial charge in [0.25, 0.3) is 0 Å². The summed E-state index contributed by atoms with van der Waals surface area (Å²) >= 11 is 0. The monoisotopic (exact) mass is 256 g/mol. The van der Waals surface area contributed by atoms with Crippen molar-refractivity contribution in [1.29, 1.82) is 0 Å². The maximum atomic E-state index is 13.8. The molecule has 1 saturated carbocycles. The molecular formula is C12H18F2N4. The quantitative estimate of drug-likeness (QED) is 0.605. The third-order valence-electron chi connectivity index (χ3n) is 3.02. The molecule has 0 radical (unpaired) electrons. The van der Waals surface area contributed by atoms with Gasteiger partial charge < -0.3 is 10.3 Å². The van der Waals surface area contributed by atoms with Gasteiger partial charge in [-0.25, -0.2) is 19.6 Å². The molecule has 1 aromatic rings. The largest absolute Gasteiger partial charge is 0.354 e. The number of nitrogens with two attached hydrogens (primary N) is 1. The van der Waals surface area contributed by atoms with Gasteiger partial charge in [-0.05, 0) is 25.2 Å².